The minimum Gasteiger partial charge on any atom is -0.446 e. The number of amides is 1. The van der Waals surface area contributed by atoms with Gasteiger partial charge >= 0.3 is 6.09 Å². The van der Waals surface area contributed by atoms with Crippen LogP contribution in [0.4, 0.5) is 9.18 Å². The second-order valence-corrected chi connectivity index (χ2v) is 7.48. The van der Waals surface area contributed by atoms with Crippen molar-refractivity contribution in [1.29, 1.82) is 5.26 Å². The van der Waals surface area contributed by atoms with Crippen molar-refractivity contribution in [3.63, 3.8) is 0 Å². The molecule has 1 amide bonds. The Bertz CT molecular complexity index is 610. The van der Waals surface area contributed by atoms with Crippen LogP contribution in [0.15, 0.2) is 29.2 Å². The molecule has 0 radical (unpaired) electrons. The van der Waals surface area contributed by atoms with E-state index < -0.39 is 6.09 Å². The molecular weight excluding hydrogens is 315 g/mol. The Balaban J connectivity index is 1.56. The lowest BCUT2D eigenvalue weighted by molar-refractivity contribution is 0.0803. The number of halogens is 1. The molecule has 2 saturated carbocycles. The Hall–Kier alpha value is -1.74. The van der Waals surface area contributed by atoms with Crippen LogP contribution in [0.1, 0.15) is 25.7 Å². The van der Waals surface area contributed by atoms with Gasteiger partial charge in [-0.15, -0.1) is 11.8 Å². The van der Waals surface area contributed by atoms with Crippen LogP contribution in [0, 0.1) is 28.5 Å². The van der Waals surface area contributed by atoms with Crippen molar-refractivity contribution >= 4 is 17.9 Å². The van der Waals surface area contributed by atoms with Gasteiger partial charge in [0.05, 0.1) is 6.07 Å². The van der Waals surface area contributed by atoms with Gasteiger partial charge in [0.15, 0.2) is 0 Å². The van der Waals surface area contributed by atoms with E-state index in [-0.39, 0.29) is 18.5 Å². The van der Waals surface area contributed by atoms with Crippen LogP contribution in [0.25, 0.3) is 0 Å². The molecule has 0 aliphatic heterocycles. The Kier molecular flexibility index (Phi) is 4.76. The van der Waals surface area contributed by atoms with Crippen LogP contribution < -0.4 is 5.32 Å². The van der Waals surface area contributed by atoms with Crippen LogP contribution in [0.3, 0.4) is 0 Å². The molecule has 3 rings (SSSR count). The van der Waals surface area contributed by atoms with Crippen LogP contribution in [0.5, 0.6) is 0 Å². The Labute approximate surface area is 139 Å². The average Bonchev–Trinajstić information content (AvgIpc) is 3.20. The number of ether oxygens (including phenoxy) is 1. The molecule has 2 aliphatic carbocycles. The molecule has 0 bridgehead atoms. The molecule has 2 atom stereocenters. The minimum atomic E-state index is -0.508. The second-order valence-electron chi connectivity index (χ2n) is 6.39. The quantitative estimate of drug-likeness (QED) is 0.658. The van der Waals surface area contributed by atoms with E-state index in [2.05, 4.69) is 5.32 Å². The van der Waals surface area contributed by atoms with Crippen LogP contribution in [0.2, 0.25) is 0 Å². The fourth-order valence-electron chi connectivity index (χ4n) is 3.28. The molecule has 2 aliphatic rings. The molecule has 0 unspecified atom stereocenters. The third-order valence-corrected chi connectivity index (χ3v) is 5.86. The smallest absolute Gasteiger partial charge is 0.408 e. The zero-order valence-electron chi connectivity index (χ0n) is 12.8. The molecule has 1 N–H and O–H groups in total. The molecule has 1 aromatic rings. The van der Waals surface area contributed by atoms with E-state index in [1.807, 2.05) is 6.07 Å². The topological polar surface area (TPSA) is 62.1 Å². The van der Waals surface area contributed by atoms with E-state index in [4.69, 9.17) is 10.00 Å². The maximum absolute atomic E-state index is 12.9. The van der Waals surface area contributed by atoms with E-state index in [9.17, 15) is 9.18 Å². The van der Waals surface area contributed by atoms with Crippen molar-refractivity contribution < 1.29 is 13.9 Å². The van der Waals surface area contributed by atoms with Gasteiger partial charge in [-0.2, -0.15) is 5.26 Å². The first-order valence-corrected chi connectivity index (χ1v) is 8.79. The van der Waals surface area contributed by atoms with E-state index in [0.717, 1.165) is 23.5 Å². The standard InChI is InChI=1S/C17H19FN2O2S/c18-13-1-3-14(4-2-13)23-11-12-9-17(5-6-17)10-15(12)22-16(21)20-8-7-19/h1-4,12,15H,5-6,8-11H2,(H,20,21)/t12-,15+/m1/s1. The molecule has 0 saturated heterocycles. The van der Waals surface area contributed by atoms with E-state index >= 15 is 0 Å². The maximum Gasteiger partial charge on any atom is 0.408 e. The van der Waals surface area contributed by atoms with Gasteiger partial charge in [0.25, 0.3) is 0 Å². The van der Waals surface area contributed by atoms with Gasteiger partial charge in [0, 0.05) is 16.6 Å². The molecule has 122 valence electrons. The van der Waals surface area contributed by atoms with Crippen molar-refractivity contribution in [1.82, 2.24) is 5.32 Å². The number of carbonyl (C=O) groups is 1. The van der Waals surface area contributed by atoms with Crippen molar-refractivity contribution in [2.24, 2.45) is 11.3 Å². The highest BCUT2D eigenvalue weighted by Gasteiger charge is 2.53. The number of nitriles is 1. The summed E-state index contributed by atoms with van der Waals surface area (Å²) in [5.41, 5.74) is 0.369. The predicted octanol–water partition coefficient (Wildman–Crippen LogP) is 3.73. The largest absolute Gasteiger partial charge is 0.446 e. The van der Waals surface area contributed by atoms with Crippen LogP contribution in [-0.2, 0) is 4.74 Å². The molecule has 1 spiro atoms. The molecule has 2 fully saturated rings. The van der Waals surface area contributed by atoms with Gasteiger partial charge in [0.2, 0.25) is 0 Å². The van der Waals surface area contributed by atoms with Crippen LogP contribution >= 0.6 is 11.8 Å². The van der Waals surface area contributed by atoms with Crippen molar-refractivity contribution in [3.8, 4) is 6.07 Å². The fourth-order valence-corrected chi connectivity index (χ4v) is 4.35. The summed E-state index contributed by atoms with van der Waals surface area (Å²) in [5, 5.41) is 10.9. The SMILES string of the molecule is N#CCNC(=O)O[C@H]1CC2(CC2)C[C@@H]1CSc1ccc(F)cc1. The highest BCUT2D eigenvalue weighted by molar-refractivity contribution is 7.99. The summed E-state index contributed by atoms with van der Waals surface area (Å²) in [6.45, 7) is -0.0360. The Morgan fingerprint density at radius 1 is 1.39 bits per heavy atom. The third kappa shape index (κ3) is 4.17. The van der Waals surface area contributed by atoms with Crippen molar-refractivity contribution in [2.45, 2.75) is 36.7 Å². The summed E-state index contributed by atoms with van der Waals surface area (Å²) in [6, 6.07) is 8.34. The number of rotatable bonds is 5. The van der Waals surface area contributed by atoms with E-state index in [1.54, 1.807) is 23.9 Å². The molecule has 0 heterocycles. The third-order valence-electron chi connectivity index (χ3n) is 4.66. The van der Waals surface area contributed by atoms with Crippen molar-refractivity contribution in [2.75, 3.05) is 12.3 Å². The first kappa shape index (κ1) is 16.1. The minimum absolute atomic E-state index is 0.0360. The number of carbonyl (C=O) groups excluding carboxylic acids is 1. The second kappa shape index (κ2) is 6.79. The summed E-state index contributed by atoms with van der Waals surface area (Å²) in [6.07, 6.45) is 3.82. The number of nitrogens with one attached hydrogen (secondary N) is 1. The summed E-state index contributed by atoms with van der Waals surface area (Å²) in [5.74, 6) is 0.923. The molecule has 0 aromatic heterocycles. The first-order valence-electron chi connectivity index (χ1n) is 7.80. The maximum atomic E-state index is 12.9. The Morgan fingerprint density at radius 3 is 2.78 bits per heavy atom. The Morgan fingerprint density at radius 2 is 2.13 bits per heavy atom. The molecular formula is C17H19FN2O2S. The highest BCUT2D eigenvalue weighted by atomic mass is 32.2. The zero-order chi connectivity index (χ0) is 16.3. The molecule has 6 heteroatoms. The number of alkyl carbamates (subject to hydrolysis) is 1. The van der Waals surface area contributed by atoms with Gasteiger partial charge in [-0.05, 0) is 55.4 Å². The van der Waals surface area contributed by atoms with Crippen molar-refractivity contribution in [3.05, 3.63) is 30.1 Å². The first-order chi connectivity index (χ1) is 11.1. The monoisotopic (exact) mass is 334 g/mol. The molecule has 1 aromatic carbocycles. The van der Waals surface area contributed by atoms with E-state index in [1.165, 1.54) is 25.0 Å². The highest BCUT2D eigenvalue weighted by Crippen LogP contribution is 2.60. The number of nitrogens with zero attached hydrogens (tertiary/aromatic N) is 1. The lowest BCUT2D eigenvalue weighted by Gasteiger charge is -2.19. The van der Waals surface area contributed by atoms with Gasteiger partial charge in [-0.3, -0.25) is 0 Å². The lowest BCUT2D eigenvalue weighted by Crippen LogP contribution is -2.31. The average molecular weight is 334 g/mol. The number of hydrogen-bond acceptors (Lipinski definition) is 4. The number of hydrogen-bond donors (Lipinski definition) is 1. The van der Waals surface area contributed by atoms with Gasteiger partial charge in [-0.25, -0.2) is 9.18 Å². The number of benzene rings is 1. The summed E-state index contributed by atoms with van der Waals surface area (Å²) >= 11 is 1.67. The molecule has 23 heavy (non-hydrogen) atoms. The summed E-state index contributed by atoms with van der Waals surface area (Å²) in [4.78, 5) is 12.7. The summed E-state index contributed by atoms with van der Waals surface area (Å²) in [7, 11) is 0. The lowest BCUT2D eigenvalue weighted by atomic mass is 10.0. The fraction of sp³-hybridized carbons (Fsp3) is 0.529. The predicted molar refractivity (Wildman–Crippen MR) is 85.4 cm³/mol. The number of thioether (sulfide) groups is 1. The summed E-state index contributed by atoms with van der Waals surface area (Å²) < 4.78 is 18.5. The van der Waals surface area contributed by atoms with Gasteiger partial charge in [0.1, 0.15) is 18.5 Å². The zero-order valence-corrected chi connectivity index (χ0v) is 13.6. The normalized spacial score (nSPS) is 24.2. The van der Waals surface area contributed by atoms with E-state index in [0.29, 0.717) is 11.3 Å². The van der Waals surface area contributed by atoms with Gasteiger partial charge in [-0.1, -0.05) is 0 Å². The van der Waals surface area contributed by atoms with Gasteiger partial charge < -0.3 is 10.1 Å². The van der Waals surface area contributed by atoms with Crippen LogP contribution in [-0.4, -0.2) is 24.5 Å². The molecule has 4 nitrogen and oxygen atoms in total.